The first-order valence-electron chi connectivity index (χ1n) is 7.46. The van der Waals surface area contributed by atoms with E-state index in [-0.39, 0.29) is 17.8 Å². The number of hydrogen-bond donors (Lipinski definition) is 3. The first-order chi connectivity index (χ1) is 10.4. The molecule has 8 heteroatoms. The maximum atomic E-state index is 12.2. The molecule has 1 atom stereocenters. The Bertz CT molecular complexity index is 394. The molecule has 0 saturated heterocycles. The zero-order chi connectivity index (χ0) is 17.0. The largest absolute Gasteiger partial charge is 0.370 e. The Kier molecular flexibility index (Phi) is 10.6. The van der Waals surface area contributed by atoms with Crippen molar-refractivity contribution in [1.29, 1.82) is 0 Å². The minimum Gasteiger partial charge on any atom is -0.370 e. The third-order valence-electron chi connectivity index (χ3n) is 3.13. The summed E-state index contributed by atoms with van der Waals surface area (Å²) < 4.78 is 0. The lowest BCUT2D eigenvalue weighted by atomic mass is 10.1. The molecule has 6 N–H and O–H groups in total. The van der Waals surface area contributed by atoms with E-state index >= 15 is 0 Å². The van der Waals surface area contributed by atoms with Crippen LogP contribution in [-0.4, -0.2) is 48.1 Å². The van der Waals surface area contributed by atoms with Crippen molar-refractivity contribution >= 4 is 24.1 Å². The molecule has 2 amide bonds. The number of rotatable bonds is 11. The number of hydrogen-bond acceptors (Lipinski definition) is 5. The van der Waals surface area contributed by atoms with Gasteiger partial charge in [0.2, 0.25) is 11.8 Å². The smallest absolute Gasteiger partial charge is 0.246 e. The van der Waals surface area contributed by atoms with Crippen LogP contribution in [0.15, 0.2) is 4.99 Å². The number of carbonyl (C=O) groups is 3. The molecule has 126 valence electrons. The number of aldehydes is 1. The fourth-order valence-electron chi connectivity index (χ4n) is 1.94. The topological polar surface area (TPSA) is 145 Å². The first kappa shape index (κ1) is 20.0. The van der Waals surface area contributed by atoms with Gasteiger partial charge in [0.05, 0.1) is 6.04 Å². The Balaban J connectivity index is 4.24. The van der Waals surface area contributed by atoms with Crippen molar-refractivity contribution in [2.45, 2.75) is 51.5 Å². The lowest BCUT2D eigenvalue weighted by Gasteiger charge is -2.22. The Labute approximate surface area is 131 Å². The quantitative estimate of drug-likeness (QED) is 0.203. The lowest BCUT2D eigenvalue weighted by molar-refractivity contribution is -0.144. The highest BCUT2D eigenvalue weighted by Crippen LogP contribution is 2.06. The third kappa shape index (κ3) is 9.06. The second-order valence-electron chi connectivity index (χ2n) is 5.08. The summed E-state index contributed by atoms with van der Waals surface area (Å²) in [4.78, 5) is 38.9. The molecule has 0 aliphatic carbocycles. The number of amides is 2. The summed E-state index contributed by atoms with van der Waals surface area (Å²) in [7, 11) is 0. The highest BCUT2D eigenvalue weighted by Gasteiger charge is 2.23. The Morgan fingerprint density at radius 3 is 2.41 bits per heavy atom. The number of nitrogens with two attached hydrogens (primary N) is 3. The molecule has 0 fully saturated rings. The van der Waals surface area contributed by atoms with Crippen molar-refractivity contribution in [2.75, 3.05) is 13.1 Å². The van der Waals surface area contributed by atoms with Gasteiger partial charge in [0, 0.05) is 26.4 Å². The van der Waals surface area contributed by atoms with Crippen molar-refractivity contribution in [3.63, 3.8) is 0 Å². The summed E-state index contributed by atoms with van der Waals surface area (Å²) >= 11 is 0. The maximum Gasteiger partial charge on any atom is 0.246 e. The van der Waals surface area contributed by atoms with E-state index in [0.717, 1.165) is 19.1 Å². The van der Waals surface area contributed by atoms with Crippen LogP contribution in [-0.2, 0) is 14.4 Å². The number of nitrogens with zero attached hydrogens (tertiary/aromatic N) is 2. The molecule has 0 aliphatic rings. The van der Waals surface area contributed by atoms with Gasteiger partial charge in [-0.1, -0.05) is 6.42 Å². The molecule has 0 aromatic rings. The summed E-state index contributed by atoms with van der Waals surface area (Å²) in [5.74, 6) is -0.701. The predicted octanol–water partition coefficient (Wildman–Crippen LogP) is -0.498. The van der Waals surface area contributed by atoms with E-state index in [9.17, 15) is 14.4 Å². The van der Waals surface area contributed by atoms with Crippen LogP contribution in [0.25, 0.3) is 0 Å². The molecular formula is C14H27N5O3. The molecule has 22 heavy (non-hydrogen) atoms. The van der Waals surface area contributed by atoms with Crippen molar-refractivity contribution in [3.8, 4) is 0 Å². The Morgan fingerprint density at radius 1 is 1.18 bits per heavy atom. The van der Waals surface area contributed by atoms with Gasteiger partial charge >= 0.3 is 0 Å². The minimum absolute atomic E-state index is 0.000541. The third-order valence-corrected chi connectivity index (χ3v) is 3.13. The molecule has 0 spiro atoms. The molecule has 0 aliphatic heterocycles. The molecule has 0 unspecified atom stereocenters. The van der Waals surface area contributed by atoms with E-state index in [1.54, 1.807) is 0 Å². The first-order valence-corrected chi connectivity index (χ1v) is 7.46. The molecule has 8 nitrogen and oxygen atoms in total. The number of carbonyl (C=O) groups excluding carboxylic acids is 3. The van der Waals surface area contributed by atoms with E-state index < -0.39 is 6.04 Å². The van der Waals surface area contributed by atoms with Crippen LogP contribution in [0.3, 0.4) is 0 Å². The molecule has 0 heterocycles. The van der Waals surface area contributed by atoms with Crippen molar-refractivity contribution in [2.24, 2.45) is 22.2 Å². The van der Waals surface area contributed by atoms with Crippen LogP contribution < -0.4 is 17.2 Å². The summed E-state index contributed by atoms with van der Waals surface area (Å²) in [5, 5.41) is 0. The van der Waals surface area contributed by atoms with Gasteiger partial charge < -0.3 is 22.0 Å². The van der Waals surface area contributed by atoms with Gasteiger partial charge in [0.15, 0.2) is 5.96 Å². The molecule has 0 aromatic heterocycles. The molecule has 0 rings (SSSR count). The number of aliphatic imine (C=N–C) groups is 1. The van der Waals surface area contributed by atoms with Crippen LogP contribution in [0.5, 0.6) is 0 Å². The highest BCUT2D eigenvalue weighted by molar-refractivity contribution is 5.96. The van der Waals surface area contributed by atoms with Crippen LogP contribution in [0.1, 0.15) is 45.4 Å². The van der Waals surface area contributed by atoms with Gasteiger partial charge in [0.25, 0.3) is 0 Å². The van der Waals surface area contributed by atoms with E-state index in [0.29, 0.717) is 38.8 Å². The van der Waals surface area contributed by atoms with Gasteiger partial charge in [0.1, 0.15) is 6.29 Å². The molecule has 0 saturated carbocycles. The maximum absolute atomic E-state index is 12.2. The fourth-order valence-corrected chi connectivity index (χ4v) is 1.94. The van der Waals surface area contributed by atoms with Crippen LogP contribution in [0.4, 0.5) is 0 Å². The van der Waals surface area contributed by atoms with E-state index in [1.807, 2.05) is 0 Å². The summed E-state index contributed by atoms with van der Waals surface area (Å²) in [6, 6.07) is -0.743. The monoisotopic (exact) mass is 313 g/mol. The standard InChI is InChI=1S/C14H27N5O3/c1-11(21)19(9-4-2-3-5-10-20)13(22)12(15)7-6-8-18-14(16)17/h10,12H,2-9,15H2,1H3,(H4,16,17,18)/t12-/m1/s1. The lowest BCUT2D eigenvalue weighted by Crippen LogP contribution is -2.46. The summed E-state index contributed by atoms with van der Waals surface area (Å²) in [6.45, 7) is 2.07. The highest BCUT2D eigenvalue weighted by atomic mass is 16.2. The fraction of sp³-hybridized carbons (Fsp3) is 0.714. The molecule has 0 bridgehead atoms. The summed E-state index contributed by atoms with van der Waals surface area (Å²) in [5.41, 5.74) is 16.2. The SMILES string of the molecule is CC(=O)N(CCCCCC=O)C(=O)[C@H](N)CCCN=C(N)N. The van der Waals surface area contributed by atoms with Crippen LogP contribution in [0, 0.1) is 0 Å². The average molecular weight is 313 g/mol. The number of imide groups is 1. The van der Waals surface area contributed by atoms with Crippen LogP contribution in [0.2, 0.25) is 0 Å². The second-order valence-corrected chi connectivity index (χ2v) is 5.08. The van der Waals surface area contributed by atoms with Gasteiger partial charge in [-0.3, -0.25) is 19.5 Å². The van der Waals surface area contributed by atoms with Crippen molar-refractivity contribution < 1.29 is 14.4 Å². The number of unbranched alkanes of at least 4 members (excludes halogenated alkanes) is 3. The van der Waals surface area contributed by atoms with Gasteiger partial charge in [-0.15, -0.1) is 0 Å². The zero-order valence-electron chi connectivity index (χ0n) is 13.2. The Morgan fingerprint density at radius 2 is 1.86 bits per heavy atom. The normalized spacial score (nSPS) is 11.5. The van der Waals surface area contributed by atoms with E-state index in [2.05, 4.69) is 4.99 Å². The number of guanidine groups is 1. The second kappa shape index (κ2) is 11.7. The molecular weight excluding hydrogens is 286 g/mol. The summed E-state index contributed by atoms with van der Waals surface area (Å²) in [6.07, 6.45) is 4.54. The van der Waals surface area contributed by atoms with Crippen molar-refractivity contribution in [1.82, 2.24) is 4.90 Å². The van der Waals surface area contributed by atoms with Gasteiger partial charge in [-0.25, -0.2) is 0 Å². The zero-order valence-corrected chi connectivity index (χ0v) is 13.2. The van der Waals surface area contributed by atoms with E-state index in [4.69, 9.17) is 17.2 Å². The van der Waals surface area contributed by atoms with Gasteiger partial charge in [-0.2, -0.15) is 0 Å². The van der Waals surface area contributed by atoms with E-state index in [1.165, 1.54) is 11.8 Å². The Hall–Kier alpha value is -1.96. The minimum atomic E-state index is -0.743. The van der Waals surface area contributed by atoms with Crippen LogP contribution >= 0.6 is 0 Å². The molecule has 0 aromatic carbocycles. The molecule has 0 radical (unpaired) electrons. The van der Waals surface area contributed by atoms with Crippen molar-refractivity contribution in [3.05, 3.63) is 0 Å². The van der Waals surface area contributed by atoms with Gasteiger partial charge in [-0.05, 0) is 25.7 Å². The average Bonchev–Trinajstić information content (AvgIpc) is 2.45. The predicted molar refractivity (Wildman–Crippen MR) is 84.8 cm³/mol.